The number of carbonyl (C=O) groups excluding carboxylic acids is 1. The molecule has 0 bridgehead atoms. The van der Waals surface area contributed by atoms with E-state index >= 15 is 0 Å². The highest BCUT2D eigenvalue weighted by molar-refractivity contribution is 5.92. The number of amides is 1. The number of hydrogen-bond acceptors (Lipinski definition) is 3. The molecule has 0 aliphatic heterocycles. The molecule has 2 aromatic rings. The van der Waals surface area contributed by atoms with Gasteiger partial charge in [-0.25, -0.2) is 8.78 Å². The standard InChI is InChI=1S/C17H15F2N3O/c1-11(13-4-7-15(18)16(19)8-13)21-10-17(23)22-14-5-2-12(9-20)3-6-14/h2-8,11,21H,10H2,1H3,(H,22,23)/t11-/m0/s1. The van der Waals surface area contributed by atoms with E-state index in [-0.39, 0.29) is 18.5 Å². The van der Waals surface area contributed by atoms with Gasteiger partial charge in [0.1, 0.15) is 0 Å². The van der Waals surface area contributed by atoms with Crippen LogP contribution in [0.5, 0.6) is 0 Å². The molecule has 0 unspecified atom stereocenters. The van der Waals surface area contributed by atoms with Crippen molar-refractivity contribution in [3.8, 4) is 6.07 Å². The van der Waals surface area contributed by atoms with Gasteiger partial charge in [-0.05, 0) is 48.9 Å². The van der Waals surface area contributed by atoms with Crippen molar-refractivity contribution in [2.24, 2.45) is 0 Å². The fourth-order valence-corrected chi connectivity index (χ4v) is 1.98. The van der Waals surface area contributed by atoms with Gasteiger partial charge in [0.2, 0.25) is 5.91 Å². The van der Waals surface area contributed by atoms with Crippen LogP contribution in [-0.4, -0.2) is 12.5 Å². The molecule has 2 aromatic carbocycles. The van der Waals surface area contributed by atoms with Gasteiger partial charge in [-0.15, -0.1) is 0 Å². The maximum atomic E-state index is 13.2. The van der Waals surface area contributed by atoms with E-state index in [1.54, 1.807) is 31.2 Å². The lowest BCUT2D eigenvalue weighted by Gasteiger charge is -2.14. The number of halogens is 2. The second kappa shape index (κ2) is 7.47. The maximum absolute atomic E-state index is 13.2. The fraction of sp³-hybridized carbons (Fsp3) is 0.176. The highest BCUT2D eigenvalue weighted by Crippen LogP contribution is 2.15. The third kappa shape index (κ3) is 4.59. The molecule has 1 amide bonds. The predicted octanol–water partition coefficient (Wildman–Crippen LogP) is 3.13. The Labute approximate surface area is 132 Å². The maximum Gasteiger partial charge on any atom is 0.238 e. The van der Waals surface area contributed by atoms with E-state index in [0.717, 1.165) is 12.1 Å². The molecular formula is C17H15F2N3O. The Kier molecular flexibility index (Phi) is 5.39. The van der Waals surface area contributed by atoms with Gasteiger partial charge in [-0.1, -0.05) is 6.07 Å². The number of benzene rings is 2. The van der Waals surface area contributed by atoms with Crippen molar-refractivity contribution < 1.29 is 13.6 Å². The Balaban J connectivity index is 1.87. The summed E-state index contributed by atoms with van der Waals surface area (Å²) in [6.07, 6.45) is 0. The average molecular weight is 315 g/mol. The van der Waals surface area contributed by atoms with Crippen LogP contribution in [0, 0.1) is 23.0 Å². The lowest BCUT2D eigenvalue weighted by molar-refractivity contribution is -0.115. The molecule has 23 heavy (non-hydrogen) atoms. The monoisotopic (exact) mass is 315 g/mol. The molecule has 0 saturated heterocycles. The molecule has 0 radical (unpaired) electrons. The summed E-state index contributed by atoms with van der Waals surface area (Å²) < 4.78 is 26.1. The van der Waals surface area contributed by atoms with Gasteiger partial charge in [-0.2, -0.15) is 5.26 Å². The summed E-state index contributed by atoms with van der Waals surface area (Å²) in [5.41, 5.74) is 1.64. The zero-order chi connectivity index (χ0) is 16.8. The van der Waals surface area contributed by atoms with E-state index in [1.165, 1.54) is 6.07 Å². The number of carbonyl (C=O) groups is 1. The molecule has 0 spiro atoms. The highest BCUT2D eigenvalue weighted by atomic mass is 19.2. The zero-order valence-corrected chi connectivity index (χ0v) is 12.4. The number of nitriles is 1. The Morgan fingerprint density at radius 3 is 2.48 bits per heavy atom. The van der Waals surface area contributed by atoms with Crippen molar-refractivity contribution in [2.75, 3.05) is 11.9 Å². The average Bonchev–Trinajstić information content (AvgIpc) is 2.56. The first-order valence-electron chi connectivity index (χ1n) is 6.98. The van der Waals surface area contributed by atoms with Gasteiger partial charge < -0.3 is 10.6 Å². The molecule has 118 valence electrons. The Morgan fingerprint density at radius 2 is 1.87 bits per heavy atom. The minimum Gasteiger partial charge on any atom is -0.325 e. The van der Waals surface area contributed by atoms with Crippen LogP contribution in [0.2, 0.25) is 0 Å². The summed E-state index contributed by atoms with van der Waals surface area (Å²) in [6.45, 7) is 1.77. The lowest BCUT2D eigenvalue weighted by Crippen LogP contribution is -2.30. The molecule has 0 saturated carbocycles. The van der Waals surface area contributed by atoms with Crippen LogP contribution in [0.4, 0.5) is 14.5 Å². The van der Waals surface area contributed by atoms with E-state index in [0.29, 0.717) is 16.8 Å². The van der Waals surface area contributed by atoms with Crippen molar-refractivity contribution in [3.05, 3.63) is 65.2 Å². The van der Waals surface area contributed by atoms with Gasteiger partial charge in [0.25, 0.3) is 0 Å². The number of anilines is 1. The second-order valence-corrected chi connectivity index (χ2v) is 5.01. The van der Waals surface area contributed by atoms with Crippen LogP contribution in [0.15, 0.2) is 42.5 Å². The summed E-state index contributed by atoms with van der Waals surface area (Å²) in [6, 6.07) is 11.8. The molecule has 2 rings (SSSR count). The summed E-state index contributed by atoms with van der Waals surface area (Å²) in [5, 5.41) is 14.3. The zero-order valence-electron chi connectivity index (χ0n) is 12.4. The van der Waals surface area contributed by atoms with Crippen LogP contribution in [0.25, 0.3) is 0 Å². The number of rotatable bonds is 5. The van der Waals surface area contributed by atoms with Crippen LogP contribution in [0.1, 0.15) is 24.1 Å². The SMILES string of the molecule is C[C@H](NCC(=O)Nc1ccc(C#N)cc1)c1ccc(F)c(F)c1. The largest absolute Gasteiger partial charge is 0.325 e. The summed E-state index contributed by atoms with van der Waals surface area (Å²) >= 11 is 0. The molecule has 0 fully saturated rings. The van der Waals surface area contributed by atoms with Crippen LogP contribution in [0.3, 0.4) is 0 Å². The van der Waals surface area contributed by atoms with E-state index < -0.39 is 11.6 Å². The van der Waals surface area contributed by atoms with Crippen LogP contribution < -0.4 is 10.6 Å². The highest BCUT2D eigenvalue weighted by Gasteiger charge is 2.10. The van der Waals surface area contributed by atoms with Gasteiger partial charge in [0.15, 0.2) is 11.6 Å². The molecule has 0 aliphatic rings. The van der Waals surface area contributed by atoms with E-state index in [9.17, 15) is 13.6 Å². The molecule has 6 heteroatoms. The van der Waals surface area contributed by atoms with Gasteiger partial charge >= 0.3 is 0 Å². The summed E-state index contributed by atoms with van der Waals surface area (Å²) in [4.78, 5) is 11.9. The molecule has 0 aromatic heterocycles. The number of nitrogens with one attached hydrogen (secondary N) is 2. The van der Waals surface area contributed by atoms with Gasteiger partial charge in [-0.3, -0.25) is 4.79 Å². The van der Waals surface area contributed by atoms with Crippen molar-refractivity contribution in [3.63, 3.8) is 0 Å². The number of nitrogens with zero attached hydrogens (tertiary/aromatic N) is 1. The van der Waals surface area contributed by atoms with Crippen molar-refractivity contribution in [2.45, 2.75) is 13.0 Å². The first kappa shape index (κ1) is 16.6. The summed E-state index contributed by atoms with van der Waals surface area (Å²) in [5.74, 6) is -2.10. The first-order chi connectivity index (χ1) is 11.0. The van der Waals surface area contributed by atoms with Crippen LogP contribution >= 0.6 is 0 Å². The third-order valence-electron chi connectivity index (χ3n) is 3.31. The number of hydrogen-bond donors (Lipinski definition) is 2. The Morgan fingerprint density at radius 1 is 1.17 bits per heavy atom. The van der Waals surface area contributed by atoms with Crippen molar-refractivity contribution >= 4 is 11.6 Å². The fourth-order valence-electron chi connectivity index (χ4n) is 1.98. The van der Waals surface area contributed by atoms with E-state index in [2.05, 4.69) is 10.6 Å². The van der Waals surface area contributed by atoms with Crippen LogP contribution in [-0.2, 0) is 4.79 Å². The van der Waals surface area contributed by atoms with Gasteiger partial charge in [0.05, 0.1) is 18.2 Å². The normalized spacial score (nSPS) is 11.6. The minimum atomic E-state index is -0.918. The van der Waals surface area contributed by atoms with Crippen molar-refractivity contribution in [1.82, 2.24) is 5.32 Å². The van der Waals surface area contributed by atoms with Crippen molar-refractivity contribution in [1.29, 1.82) is 5.26 Å². The smallest absolute Gasteiger partial charge is 0.238 e. The third-order valence-corrected chi connectivity index (χ3v) is 3.31. The Bertz CT molecular complexity index is 738. The van der Waals surface area contributed by atoms with Gasteiger partial charge in [0, 0.05) is 11.7 Å². The molecule has 4 nitrogen and oxygen atoms in total. The molecule has 1 atom stereocenters. The molecule has 2 N–H and O–H groups in total. The molecule has 0 heterocycles. The molecule has 0 aliphatic carbocycles. The summed E-state index contributed by atoms with van der Waals surface area (Å²) in [7, 11) is 0. The Hall–Kier alpha value is -2.78. The molecular weight excluding hydrogens is 300 g/mol. The quantitative estimate of drug-likeness (QED) is 0.891. The topological polar surface area (TPSA) is 64.9 Å². The minimum absolute atomic E-state index is 0.0141. The lowest BCUT2D eigenvalue weighted by atomic mass is 10.1. The van der Waals surface area contributed by atoms with E-state index in [4.69, 9.17) is 5.26 Å². The second-order valence-electron chi connectivity index (χ2n) is 5.01. The van der Waals surface area contributed by atoms with E-state index in [1.807, 2.05) is 6.07 Å². The predicted molar refractivity (Wildman–Crippen MR) is 82.6 cm³/mol. The first-order valence-corrected chi connectivity index (χ1v) is 6.98.